The number of carbonyl (C=O) groups excluding carboxylic acids is 1. The zero-order chi connectivity index (χ0) is 13.8. The molecule has 0 fully saturated rings. The van der Waals surface area contributed by atoms with Gasteiger partial charge in [-0.25, -0.2) is 14.2 Å². The normalized spacial score (nSPS) is 9.95. The van der Waals surface area contributed by atoms with Crippen molar-refractivity contribution < 1.29 is 18.8 Å². The molecule has 0 aliphatic heterocycles. The molecule has 0 saturated heterocycles. The van der Waals surface area contributed by atoms with Crippen LogP contribution < -0.4 is 4.74 Å². The predicted molar refractivity (Wildman–Crippen MR) is 62.2 cm³/mol. The Hall–Kier alpha value is -2.83. The number of nitrogens with zero attached hydrogens (tertiary/aromatic N) is 2. The van der Waals surface area contributed by atoms with E-state index in [-0.39, 0.29) is 5.69 Å². The largest absolute Gasteiger partial charge is 0.414 e. The van der Waals surface area contributed by atoms with E-state index in [0.717, 1.165) is 18.2 Å². The fourth-order valence-corrected chi connectivity index (χ4v) is 1.36. The molecule has 6 nitrogen and oxygen atoms in total. The molecule has 96 valence electrons. The Kier molecular flexibility index (Phi) is 3.46. The van der Waals surface area contributed by atoms with Crippen LogP contribution in [0.4, 0.5) is 10.1 Å². The maximum Gasteiger partial charge on any atom is 0.362 e. The lowest BCUT2D eigenvalue weighted by atomic mass is 10.3. The van der Waals surface area contributed by atoms with Gasteiger partial charge >= 0.3 is 11.7 Å². The second-order valence-corrected chi connectivity index (χ2v) is 3.47. The fraction of sp³-hybridized carbons (Fsp3) is 0. The quantitative estimate of drug-likeness (QED) is 0.367. The molecule has 0 spiro atoms. The number of ether oxygens (including phenoxy) is 1. The molecule has 7 heteroatoms. The number of benzene rings is 1. The lowest BCUT2D eigenvalue weighted by molar-refractivity contribution is -0.385. The first-order valence-corrected chi connectivity index (χ1v) is 5.15. The highest BCUT2D eigenvalue weighted by Gasteiger charge is 2.20. The lowest BCUT2D eigenvalue weighted by Gasteiger charge is -2.04. The monoisotopic (exact) mass is 262 g/mol. The second-order valence-electron chi connectivity index (χ2n) is 3.47. The van der Waals surface area contributed by atoms with Gasteiger partial charge in [-0.1, -0.05) is 6.07 Å². The molecule has 19 heavy (non-hydrogen) atoms. The number of hydrogen-bond donors (Lipinski definition) is 0. The summed E-state index contributed by atoms with van der Waals surface area (Å²) in [5, 5.41) is 10.7. The van der Waals surface area contributed by atoms with Gasteiger partial charge in [-0.3, -0.25) is 10.1 Å². The van der Waals surface area contributed by atoms with E-state index in [1.807, 2.05) is 0 Å². The summed E-state index contributed by atoms with van der Waals surface area (Å²) in [7, 11) is 0. The third-order valence-electron chi connectivity index (χ3n) is 2.20. The van der Waals surface area contributed by atoms with Crippen molar-refractivity contribution in [2.75, 3.05) is 0 Å². The molecule has 2 rings (SSSR count). The number of carbonyl (C=O) groups is 1. The van der Waals surface area contributed by atoms with Gasteiger partial charge in [-0.05, 0) is 18.2 Å². The molecular formula is C12H7FN2O4. The number of rotatable bonds is 3. The number of aromatic nitrogens is 1. The number of nitro benzene ring substituents is 1. The van der Waals surface area contributed by atoms with E-state index in [4.69, 9.17) is 4.74 Å². The molecular weight excluding hydrogens is 255 g/mol. The number of halogens is 1. The Labute approximate surface area is 106 Å². The first-order valence-electron chi connectivity index (χ1n) is 5.15. The minimum absolute atomic E-state index is 0.0268. The van der Waals surface area contributed by atoms with Crippen LogP contribution in [0.3, 0.4) is 0 Å². The minimum atomic E-state index is -0.894. The van der Waals surface area contributed by atoms with Crippen LogP contribution in [0.1, 0.15) is 10.5 Å². The Bertz CT molecular complexity index is 631. The SMILES string of the molecule is O=C(Oc1cc(F)ccc1[N+](=O)[O-])c1ccccn1. The molecule has 1 aromatic heterocycles. The van der Waals surface area contributed by atoms with Crippen LogP contribution in [0.5, 0.6) is 5.75 Å². The van der Waals surface area contributed by atoms with Gasteiger partial charge in [0.2, 0.25) is 5.75 Å². The smallest absolute Gasteiger partial charge is 0.362 e. The first-order chi connectivity index (χ1) is 9.08. The van der Waals surface area contributed by atoms with Gasteiger partial charge in [-0.2, -0.15) is 0 Å². The van der Waals surface area contributed by atoms with Crippen molar-refractivity contribution in [3.8, 4) is 5.75 Å². The summed E-state index contributed by atoms with van der Waals surface area (Å²) in [5.41, 5.74) is -0.522. The Balaban J connectivity index is 2.31. The maximum absolute atomic E-state index is 13.0. The maximum atomic E-state index is 13.0. The number of nitro groups is 1. The predicted octanol–water partition coefficient (Wildman–Crippen LogP) is 2.35. The van der Waals surface area contributed by atoms with Crippen molar-refractivity contribution in [2.24, 2.45) is 0 Å². The van der Waals surface area contributed by atoms with Gasteiger partial charge < -0.3 is 4.74 Å². The highest BCUT2D eigenvalue weighted by molar-refractivity contribution is 5.89. The zero-order valence-electron chi connectivity index (χ0n) is 9.45. The summed E-state index contributed by atoms with van der Waals surface area (Å²) in [6, 6.07) is 7.16. The van der Waals surface area contributed by atoms with Crippen LogP contribution in [-0.4, -0.2) is 15.9 Å². The number of pyridine rings is 1. The van der Waals surface area contributed by atoms with E-state index < -0.39 is 28.1 Å². The van der Waals surface area contributed by atoms with Crippen molar-refractivity contribution >= 4 is 11.7 Å². The molecule has 1 heterocycles. The summed E-state index contributed by atoms with van der Waals surface area (Å²) in [6.45, 7) is 0. The highest BCUT2D eigenvalue weighted by Crippen LogP contribution is 2.27. The van der Waals surface area contributed by atoms with Crippen molar-refractivity contribution in [3.05, 3.63) is 64.2 Å². The van der Waals surface area contributed by atoms with Crippen LogP contribution in [0.25, 0.3) is 0 Å². The van der Waals surface area contributed by atoms with Crippen LogP contribution in [0.15, 0.2) is 42.6 Å². The van der Waals surface area contributed by atoms with E-state index in [9.17, 15) is 19.3 Å². The van der Waals surface area contributed by atoms with Crippen LogP contribution in [0.2, 0.25) is 0 Å². The molecule has 0 saturated carbocycles. The summed E-state index contributed by atoms with van der Waals surface area (Å²) >= 11 is 0. The zero-order valence-corrected chi connectivity index (χ0v) is 9.45. The second kappa shape index (κ2) is 5.21. The van der Waals surface area contributed by atoms with Crippen molar-refractivity contribution in [3.63, 3.8) is 0 Å². The summed E-state index contributed by atoms with van der Waals surface area (Å²) < 4.78 is 17.8. The van der Waals surface area contributed by atoms with Crippen LogP contribution in [0, 0.1) is 15.9 Å². The summed E-state index contributed by atoms with van der Waals surface area (Å²) in [4.78, 5) is 25.4. The standard InChI is InChI=1S/C12H7FN2O4/c13-8-4-5-10(15(17)18)11(7-8)19-12(16)9-3-1-2-6-14-9/h1-7H. The molecule has 0 unspecified atom stereocenters. The molecule has 0 aliphatic carbocycles. The Morgan fingerprint density at radius 2 is 2.11 bits per heavy atom. The van der Waals surface area contributed by atoms with Gasteiger partial charge in [-0.15, -0.1) is 0 Å². The van der Waals surface area contributed by atoms with E-state index in [2.05, 4.69) is 4.98 Å². The number of hydrogen-bond acceptors (Lipinski definition) is 5. The molecule has 0 N–H and O–H groups in total. The molecule has 0 radical (unpaired) electrons. The number of esters is 1. The topological polar surface area (TPSA) is 82.3 Å². The molecule has 0 bridgehead atoms. The minimum Gasteiger partial charge on any atom is -0.414 e. The van der Waals surface area contributed by atoms with Crippen LogP contribution >= 0.6 is 0 Å². The molecule has 0 atom stereocenters. The van der Waals surface area contributed by atoms with E-state index in [1.165, 1.54) is 12.3 Å². The van der Waals surface area contributed by atoms with Crippen molar-refractivity contribution in [2.45, 2.75) is 0 Å². The van der Waals surface area contributed by atoms with Gasteiger partial charge in [0.25, 0.3) is 0 Å². The molecule has 2 aromatic rings. The van der Waals surface area contributed by atoms with Crippen molar-refractivity contribution in [1.29, 1.82) is 0 Å². The van der Waals surface area contributed by atoms with Gasteiger partial charge in [0, 0.05) is 18.3 Å². The highest BCUT2D eigenvalue weighted by atomic mass is 19.1. The Morgan fingerprint density at radius 3 is 2.74 bits per heavy atom. The molecule has 0 aliphatic rings. The van der Waals surface area contributed by atoms with E-state index >= 15 is 0 Å². The van der Waals surface area contributed by atoms with E-state index in [0.29, 0.717) is 0 Å². The summed E-state index contributed by atoms with van der Waals surface area (Å²) in [5.74, 6) is -2.09. The average molecular weight is 262 g/mol. The molecule has 0 amide bonds. The third kappa shape index (κ3) is 2.89. The van der Waals surface area contributed by atoms with Crippen LogP contribution in [-0.2, 0) is 0 Å². The van der Waals surface area contributed by atoms with Gasteiger partial charge in [0.05, 0.1) is 4.92 Å². The van der Waals surface area contributed by atoms with Gasteiger partial charge in [0.1, 0.15) is 11.5 Å². The lowest BCUT2D eigenvalue weighted by Crippen LogP contribution is -2.11. The van der Waals surface area contributed by atoms with E-state index in [1.54, 1.807) is 12.1 Å². The first kappa shape index (κ1) is 12.6. The third-order valence-corrected chi connectivity index (χ3v) is 2.20. The fourth-order valence-electron chi connectivity index (χ4n) is 1.36. The molecule has 1 aromatic carbocycles. The Morgan fingerprint density at radius 1 is 1.32 bits per heavy atom. The summed E-state index contributed by atoms with van der Waals surface area (Å²) in [6.07, 6.45) is 1.37. The van der Waals surface area contributed by atoms with Gasteiger partial charge in [0.15, 0.2) is 0 Å². The average Bonchev–Trinajstić information content (AvgIpc) is 2.39. The van der Waals surface area contributed by atoms with Crippen molar-refractivity contribution in [1.82, 2.24) is 4.98 Å².